The number of likely N-dealkylation sites (tertiary alicyclic amines) is 1. The van der Waals surface area contributed by atoms with E-state index in [1.165, 1.54) is 7.11 Å². The zero-order valence-electron chi connectivity index (χ0n) is 20.7. The average Bonchev–Trinajstić information content (AvgIpc) is 3.17. The fraction of sp³-hybridized carbons (Fsp3) is 0.286. The minimum atomic E-state index is -0.560. The summed E-state index contributed by atoms with van der Waals surface area (Å²) >= 11 is 3.50. The van der Waals surface area contributed by atoms with Gasteiger partial charge in [0.25, 0.3) is 11.5 Å². The Kier molecular flexibility index (Phi) is 6.37. The van der Waals surface area contributed by atoms with Gasteiger partial charge < -0.3 is 14.4 Å². The zero-order valence-corrected chi connectivity index (χ0v) is 22.3. The number of fused-ring (bicyclic) bond motifs is 5. The third-order valence-corrected chi connectivity index (χ3v) is 7.94. The minimum absolute atomic E-state index is 0.0537. The highest BCUT2D eigenvalue weighted by Gasteiger charge is 2.35. The molecule has 2 aliphatic heterocycles. The summed E-state index contributed by atoms with van der Waals surface area (Å²) in [6, 6.07) is 18.0. The van der Waals surface area contributed by atoms with Crippen LogP contribution in [0.2, 0.25) is 0 Å². The minimum Gasteiger partial charge on any atom is -0.496 e. The molecule has 0 unspecified atom stereocenters. The number of azo groups is 1. The van der Waals surface area contributed by atoms with Crippen LogP contribution in [0, 0.1) is 5.92 Å². The lowest BCUT2D eigenvalue weighted by Gasteiger charge is -2.42. The molecule has 4 heterocycles. The highest BCUT2D eigenvalue weighted by atomic mass is 79.9. The lowest BCUT2D eigenvalue weighted by molar-refractivity contribution is 0.0922. The lowest BCUT2D eigenvalue weighted by Crippen LogP contribution is -2.47. The molecule has 0 aliphatic carbocycles. The number of ether oxygens (including phenoxy) is 1. The van der Waals surface area contributed by atoms with Gasteiger partial charge in [0.05, 0.1) is 24.9 Å². The molecule has 2 bridgehead atoms. The Morgan fingerprint density at radius 1 is 1.11 bits per heavy atom. The van der Waals surface area contributed by atoms with Crippen molar-refractivity contribution in [1.29, 1.82) is 0 Å². The van der Waals surface area contributed by atoms with Crippen molar-refractivity contribution in [2.24, 2.45) is 16.1 Å². The monoisotopic (exact) mass is 575 g/mol. The van der Waals surface area contributed by atoms with Crippen LogP contribution in [-0.4, -0.2) is 45.2 Å². The van der Waals surface area contributed by atoms with Crippen molar-refractivity contribution in [3.05, 3.63) is 86.7 Å². The van der Waals surface area contributed by atoms with E-state index in [4.69, 9.17) is 4.74 Å². The number of amides is 1. The number of para-hydroxylation sites is 1. The summed E-state index contributed by atoms with van der Waals surface area (Å²) in [5, 5.41) is 20.1. The van der Waals surface area contributed by atoms with Gasteiger partial charge in [0.1, 0.15) is 5.75 Å². The summed E-state index contributed by atoms with van der Waals surface area (Å²) in [6.45, 7) is 2.75. The first-order valence-corrected chi connectivity index (χ1v) is 13.2. The number of hydrogen-bond acceptors (Lipinski definition) is 6. The maximum atomic E-state index is 12.8. The maximum absolute atomic E-state index is 12.8. The number of carbonyl (C=O) groups is 1. The van der Waals surface area contributed by atoms with Gasteiger partial charge in [0, 0.05) is 47.2 Å². The van der Waals surface area contributed by atoms with Crippen LogP contribution >= 0.6 is 15.9 Å². The molecular weight excluding hydrogens is 550 g/mol. The number of aromatic nitrogens is 2. The van der Waals surface area contributed by atoms with Crippen LogP contribution in [-0.2, 0) is 13.2 Å². The van der Waals surface area contributed by atoms with Crippen LogP contribution in [0.25, 0.3) is 10.9 Å². The van der Waals surface area contributed by atoms with Crippen molar-refractivity contribution in [2.75, 3.05) is 20.2 Å². The van der Waals surface area contributed by atoms with Gasteiger partial charge in [-0.2, -0.15) is 0 Å². The summed E-state index contributed by atoms with van der Waals surface area (Å²) < 4.78 is 9.81. The molecule has 6 rings (SSSR count). The molecule has 2 atom stereocenters. The van der Waals surface area contributed by atoms with Gasteiger partial charge >= 0.3 is 0 Å². The molecule has 1 amide bonds. The summed E-state index contributed by atoms with van der Waals surface area (Å²) in [6.07, 6.45) is 1.05. The van der Waals surface area contributed by atoms with E-state index < -0.39 is 5.91 Å². The Morgan fingerprint density at radius 2 is 1.95 bits per heavy atom. The number of carbonyl (C=O) groups excluding carboxylic acids is 1. The lowest BCUT2D eigenvalue weighted by atomic mass is 9.83. The Labute approximate surface area is 227 Å². The number of hydrogen-bond donors (Lipinski definition) is 1. The molecule has 0 spiro atoms. The van der Waals surface area contributed by atoms with Gasteiger partial charge in [-0.3, -0.25) is 19.1 Å². The molecule has 1 N–H and O–H groups in total. The SMILES string of the molecule is COc1ccccc1C(=O)N=Nc1c(O)n(CN2C[C@H]3C[C@@H](C2)c2cccc(=O)n2C3)c2ccc(Br)cc12. The van der Waals surface area contributed by atoms with Crippen LogP contribution in [0.4, 0.5) is 5.69 Å². The van der Waals surface area contributed by atoms with E-state index in [0.717, 1.165) is 35.2 Å². The summed E-state index contributed by atoms with van der Waals surface area (Å²) in [7, 11) is 1.49. The Hall–Kier alpha value is -3.76. The predicted molar refractivity (Wildman–Crippen MR) is 146 cm³/mol. The van der Waals surface area contributed by atoms with Crippen molar-refractivity contribution in [1.82, 2.24) is 14.0 Å². The number of nitrogens with zero attached hydrogens (tertiary/aromatic N) is 5. The second-order valence-electron chi connectivity index (χ2n) is 9.84. The summed E-state index contributed by atoms with van der Waals surface area (Å²) in [5.41, 5.74) is 2.45. The van der Waals surface area contributed by atoms with E-state index in [1.54, 1.807) is 30.3 Å². The van der Waals surface area contributed by atoms with Gasteiger partial charge in [-0.15, -0.1) is 10.2 Å². The van der Waals surface area contributed by atoms with E-state index in [-0.39, 0.29) is 23.0 Å². The van der Waals surface area contributed by atoms with E-state index in [0.29, 0.717) is 35.8 Å². The Balaban J connectivity index is 1.32. The fourth-order valence-electron chi connectivity index (χ4n) is 5.82. The topological polar surface area (TPSA) is 101 Å². The number of benzene rings is 2. The predicted octanol–water partition coefficient (Wildman–Crippen LogP) is 5.28. The molecule has 194 valence electrons. The molecule has 2 aromatic heterocycles. The van der Waals surface area contributed by atoms with Gasteiger partial charge in [-0.25, -0.2) is 0 Å². The standard InChI is InChI=1S/C28H26BrN5O4/c1-38-24-7-3-2-5-20(24)27(36)31-30-26-21-12-19(29)9-10-23(21)34(28(26)37)16-32-13-17-11-18(15-32)22-6-4-8-25(35)33(22)14-17/h2-10,12,17-18,37H,11,13-16H2,1H3/t17-,18+/m1/s1. The molecule has 2 aliphatic rings. The molecule has 2 aromatic carbocycles. The first kappa shape index (κ1) is 24.6. The van der Waals surface area contributed by atoms with Crippen LogP contribution in [0.5, 0.6) is 11.6 Å². The summed E-state index contributed by atoms with van der Waals surface area (Å²) in [4.78, 5) is 27.5. The van der Waals surface area contributed by atoms with Crippen LogP contribution in [0.3, 0.4) is 0 Å². The molecule has 38 heavy (non-hydrogen) atoms. The quantitative estimate of drug-likeness (QED) is 0.326. The molecule has 4 aromatic rings. The van der Waals surface area contributed by atoms with Crippen molar-refractivity contribution >= 4 is 38.4 Å². The molecule has 1 saturated heterocycles. The molecule has 0 saturated carbocycles. The fourth-order valence-corrected chi connectivity index (χ4v) is 6.18. The Morgan fingerprint density at radius 3 is 2.79 bits per heavy atom. The average molecular weight is 576 g/mol. The number of piperidine rings is 1. The van der Waals surface area contributed by atoms with Gasteiger partial charge in [-0.05, 0) is 48.7 Å². The largest absolute Gasteiger partial charge is 0.496 e. The van der Waals surface area contributed by atoms with E-state index >= 15 is 0 Å². The number of rotatable bonds is 5. The van der Waals surface area contributed by atoms with Crippen LogP contribution < -0.4 is 10.3 Å². The number of aromatic hydroxyl groups is 1. The maximum Gasteiger partial charge on any atom is 0.299 e. The van der Waals surface area contributed by atoms with Crippen molar-refractivity contribution in [2.45, 2.75) is 25.6 Å². The third kappa shape index (κ3) is 4.33. The van der Waals surface area contributed by atoms with Gasteiger partial charge in [0.15, 0.2) is 5.69 Å². The summed E-state index contributed by atoms with van der Waals surface area (Å²) in [5.74, 6) is 0.409. The second-order valence-corrected chi connectivity index (χ2v) is 10.8. The number of methoxy groups -OCH3 is 1. The molecule has 10 heteroatoms. The second kappa shape index (κ2) is 9.85. The normalized spacial score (nSPS) is 19.1. The van der Waals surface area contributed by atoms with Crippen molar-refractivity contribution < 1.29 is 14.6 Å². The van der Waals surface area contributed by atoms with E-state index in [9.17, 15) is 14.7 Å². The molecule has 0 radical (unpaired) electrons. The molecular formula is C28H26BrN5O4. The van der Waals surface area contributed by atoms with Gasteiger partial charge in [0.2, 0.25) is 5.88 Å². The zero-order chi connectivity index (χ0) is 26.4. The van der Waals surface area contributed by atoms with Crippen LogP contribution in [0.1, 0.15) is 28.4 Å². The van der Waals surface area contributed by atoms with Crippen molar-refractivity contribution in [3.8, 4) is 11.6 Å². The van der Waals surface area contributed by atoms with Crippen LogP contribution in [0.15, 0.2) is 80.2 Å². The van der Waals surface area contributed by atoms with Gasteiger partial charge in [-0.1, -0.05) is 34.1 Å². The highest BCUT2D eigenvalue weighted by Crippen LogP contribution is 2.42. The first-order valence-electron chi connectivity index (χ1n) is 12.4. The highest BCUT2D eigenvalue weighted by molar-refractivity contribution is 9.10. The first-order chi connectivity index (χ1) is 18.4. The molecule has 9 nitrogen and oxygen atoms in total. The Bertz CT molecular complexity index is 1640. The smallest absolute Gasteiger partial charge is 0.299 e. The van der Waals surface area contributed by atoms with E-state index in [2.05, 4.69) is 31.1 Å². The van der Waals surface area contributed by atoms with Crippen molar-refractivity contribution in [3.63, 3.8) is 0 Å². The number of pyridine rings is 1. The molecule has 1 fully saturated rings. The van der Waals surface area contributed by atoms with E-state index in [1.807, 2.05) is 39.5 Å². The third-order valence-electron chi connectivity index (χ3n) is 7.45. The number of halogens is 1.